The lowest BCUT2D eigenvalue weighted by atomic mass is 10.1. The minimum Gasteiger partial charge on any atom is -0.477 e. The van der Waals surface area contributed by atoms with Crippen LogP contribution in [0.4, 0.5) is 5.82 Å². The summed E-state index contributed by atoms with van der Waals surface area (Å²) in [4.78, 5) is 33.5. The highest BCUT2D eigenvalue weighted by atomic mass is 35.5. The maximum absolute atomic E-state index is 12.6. The van der Waals surface area contributed by atoms with Gasteiger partial charge < -0.3 is 15.4 Å². The Morgan fingerprint density at radius 3 is 2.64 bits per heavy atom. The number of nitrogens with one attached hydrogen (secondary N) is 2. The van der Waals surface area contributed by atoms with Crippen molar-refractivity contribution in [2.24, 2.45) is 0 Å². The lowest BCUT2D eigenvalue weighted by Crippen LogP contribution is -2.23. The van der Waals surface area contributed by atoms with E-state index in [1.807, 2.05) is 32.0 Å². The molecule has 0 atom stereocenters. The fourth-order valence-corrected chi connectivity index (χ4v) is 2.88. The second kappa shape index (κ2) is 8.67. The minimum absolute atomic E-state index is 0.234. The van der Waals surface area contributed by atoms with E-state index in [2.05, 4.69) is 20.6 Å². The van der Waals surface area contributed by atoms with Crippen molar-refractivity contribution in [1.29, 1.82) is 0 Å². The van der Waals surface area contributed by atoms with Crippen molar-refractivity contribution >= 4 is 40.1 Å². The summed E-state index contributed by atoms with van der Waals surface area (Å²) in [5, 5.41) is 6.41. The molecule has 3 aromatic rings. The Balaban J connectivity index is 1.92. The van der Waals surface area contributed by atoms with Crippen molar-refractivity contribution in [3.63, 3.8) is 0 Å². The van der Waals surface area contributed by atoms with E-state index in [0.29, 0.717) is 29.6 Å². The molecule has 0 radical (unpaired) electrons. The normalized spacial score (nSPS) is 10.5. The number of fused-ring (bicyclic) bond motifs is 1. The number of amides is 2. The Morgan fingerprint density at radius 2 is 1.93 bits per heavy atom. The predicted octanol–water partition coefficient (Wildman–Crippen LogP) is 3.68. The molecule has 28 heavy (non-hydrogen) atoms. The first-order valence-electron chi connectivity index (χ1n) is 8.81. The molecule has 3 rings (SSSR count). The van der Waals surface area contributed by atoms with Crippen molar-refractivity contribution in [3.05, 3.63) is 58.7 Å². The molecule has 0 saturated carbocycles. The summed E-state index contributed by atoms with van der Waals surface area (Å²) in [6.07, 6.45) is 1.37. The molecule has 0 unspecified atom stereocenters. The van der Waals surface area contributed by atoms with E-state index in [0.717, 1.165) is 0 Å². The van der Waals surface area contributed by atoms with Gasteiger partial charge in [-0.15, -0.1) is 0 Å². The molecule has 0 aliphatic rings. The Kier molecular flexibility index (Phi) is 6.06. The second-order valence-corrected chi connectivity index (χ2v) is 6.24. The minimum atomic E-state index is -0.443. The van der Waals surface area contributed by atoms with Crippen LogP contribution in [0.1, 0.15) is 34.6 Å². The number of rotatable bonds is 6. The third-order valence-electron chi connectivity index (χ3n) is 3.89. The number of carbonyl (C=O) groups excluding carboxylic acids is 2. The number of hydrogen-bond acceptors (Lipinski definition) is 5. The third kappa shape index (κ3) is 4.20. The average molecular weight is 399 g/mol. The molecule has 144 valence electrons. The van der Waals surface area contributed by atoms with Gasteiger partial charge in [-0.25, -0.2) is 9.97 Å². The fraction of sp³-hybridized carbons (Fsp3) is 0.200. The fourth-order valence-electron chi connectivity index (χ4n) is 2.66. The van der Waals surface area contributed by atoms with Crippen LogP contribution in [-0.4, -0.2) is 34.9 Å². The molecule has 7 nitrogen and oxygen atoms in total. The number of carbonyl (C=O) groups is 2. The average Bonchev–Trinajstić information content (AvgIpc) is 2.69. The Morgan fingerprint density at radius 1 is 1.14 bits per heavy atom. The van der Waals surface area contributed by atoms with Gasteiger partial charge >= 0.3 is 0 Å². The van der Waals surface area contributed by atoms with E-state index >= 15 is 0 Å². The molecule has 2 aromatic heterocycles. The molecule has 0 spiro atoms. The SMILES string of the molecule is CCNC(=O)c1cc(NC(=O)c2cnc(OCC)c(Cl)c2)nc2ccccc12. The van der Waals surface area contributed by atoms with Gasteiger partial charge in [-0.05, 0) is 32.0 Å². The van der Waals surface area contributed by atoms with E-state index in [1.165, 1.54) is 12.3 Å². The topological polar surface area (TPSA) is 93.2 Å². The van der Waals surface area contributed by atoms with E-state index in [-0.39, 0.29) is 28.2 Å². The highest BCUT2D eigenvalue weighted by Crippen LogP contribution is 2.24. The van der Waals surface area contributed by atoms with Crippen molar-refractivity contribution in [1.82, 2.24) is 15.3 Å². The van der Waals surface area contributed by atoms with E-state index < -0.39 is 5.91 Å². The van der Waals surface area contributed by atoms with Crippen LogP contribution in [0, 0.1) is 0 Å². The van der Waals surface area contributed by atoms with Crippen molar-refractivity contribution in [2.75, 3.05) is 18.5 Å². The number of halogens is 1. The number of hydrogen-bond donors (Lipinski definition) is 2. The standard InChI is InChI=1S/C20H19ClN4O3/c1-3-22-19(27)14-10-17(24-16-8-6-5-7-13(14)16)25-18(26)12-9-15(21)20(23-11-12)28-4-2/h5-11H,3-4H2,1-2H3,(H,22,27)(H,24,25,26). The molecule has 2 N–H and O–H groups in total. The Hall–Kier alpha value is -3.19. The van der Waals surface area contributed by atoms with E-state index in [9.17, 15) is 9.59 Å². The van der Waals surface area contributed by atoms with E-state index in [1.54, 1.807) is 12.1 Å². The quantitative estimate of drug-likeness (QED) is 0.660. The zero-order chi connectivity index (χ0) is 20.1. The van der Waals surface area contributed by atoms with Gasteiger partial charge in [-0.2, -0.15) is 0 Å². The van der Waals surface area contributed by atoms with Crippen LogP contribution in [-0.2, 0) is 0 Å². The number of pyridine rings is 2. The van der Waals surface area contributed by atoms with Crippen molar-refractivity contribution in [2.45, 2.75) is 13.8 Å². The van der Waals surface area contributed by atoms with E-state index in [4.69, 9.17) is 16.3 Å². The second-order valence-electron chi connectivity index (χ2n) is 5.83. The van der Waals surface area contributed by atoms with Gasteiger partial charge in [0.15, 0.2) is 0 Å². The number of aromatic nitrogens is 2. The van der Waals surface area contributed by atoms with Crippen LogP contribution < -0.4 is 15.4 Å². The van der Waals surface area contributed by atoms with Crippen molar-refractivity contribution in [3.8, 4) is 5.88 Å². The highest BCUT2D eigenvalue weighted by molar-refractivity contribution is 6.32. The molecular weight excluding hydrogens is 380 g/mol. The summed E-state index contributed by atoms with van der Waals surface area (Å²) in [7, 11) is 0. The Labute approximate surface area is 167 Å². The summed E-state index contributed by atoms with van der Waals surface area (Å²) >= 11 is 6.10. The monoisotopic (exact) mass is 398 g/mol. The maximum Gasteiger partial charge on any atom is 0.258 e. The molecule has 1 aromatic carbocycles. The predicted molar refractivity (Wildman–Crippen MR) is 108 cm³/mol. The van der Waals surface area contributed by atoms with Crippen LogP contribution in [0.25, 0.3) is 10.9 Å². The number of ether oxygens (including phenoxy) is 1. The summed E-state index contributed by atoms with van der Waals surface area (Å²) in [6, 6.07) is 10.3. The van der Waals surface area contributed by atoms with Gasteiger partial charge in [0, 0.05) is 18.1 Å². The number of nitrogens with zero attached hydrogens (tertiary/aromatic N) is 2. The largest absolute Gasteiger partial charge is 0.477 e. The summed E-state index contributed by atoms with van der Waals surface area (Å²) in [5.41, 5.74) is 1.29. The van der Waals surface area contributed by atoms with Crippen LogP contribution in [0.3, 0.4) is 0 Å². The van der Waals surface area contributed by atoms with Crippen LogP contribution in [0.15, 0.2) is 42.6 Å². The zero-order valence-corrected chi connectivity index (χ0v) is 16.2. The first kappa shape index (κ1) is 19.6. The molecule has 2 amide bonds. The van der Waals surface area contributed by atoms with Crippen LogP contribution >= 0.6 is 11.6 Å². The molecule has 8 heteroatoms. The Bertz CT molecular complexity index is 1040. The van der Waals surface area contributed by atoms with Crippen LogP contribution in [0.2, 0.25) is 5.02 Å². The summed E-state index contributed by atoms with van der Waals surface area (Å²) < 4.78 is 5.27. The highest BCUT2D eigenvalue weighted by Gasteiger charge is 2.15. The van der Waals surface area contributed by atoms with Crippen molar-refractivity contribution < 1.29 is 14.3 Å². The molecule has 0 saturated heterocycles. The number of anilines is 1. The lowest BCUT2D eigenvalue weighted by Gasteiger charge is -2.11. The van der Waals surface area contributed by atoms with Gasteiger partial charge in [0.2, 0.25) is 5.88 Å². The molecule has 0 fully saturated rings. The number of benzene rings is 1. The van der Waals surface area contributed by atoms with Crippen LogP contribution in [0.5, 0.6) is 5.88 Å². The molecule has 0 bridgehead atoms. The first-order valence-corrected chi connectivity index (χ1v) is 9.19. The molecular formula is C20H19ClN4O3. The van der Waals surface area contributed by atoms with Gasteiger partial charge in [-0.1, -0.05) is 29.8 Å². The first-order chi connectivity index (χ1) is 13.5. The van der Waals surface area contributed by atoms with Gasteiger partial charge in [0.25, 0.3) is 11.8 Å². The zero-order valence-electron chi connectivity index (χ0n) is 15.5. The molecule has 0 aliphatic carbocycles. The summed E-state index contributed by atoms with van der Waals surface area (Å²) in [6.45, 7) is 4.57. The van der Waals surface area contributed by atoms with Gasteiger partial charge in [0.1, 0.15) is 10.8 Å². The van der Waals surface area contributed by atoms with Gasteiger partial charge in [0.05, 0.1) is 23.3 Å². The third-order valence-corrected chi connectivity index (χ3v) is 4.16. The molecule has 2 heterocycles. The smallest absolute Gasteiger partial charge is 0.258 e. The number of para-hydroxylation sites is 1. The maximum atomic E-state index is 12.6. The molecule has 0 aliphatic heterocycles. The summed E-state index contributed by atoms with van der Waals surface area (Å²) in [5.74, 6) is -0.150. The lowest BCUT2D eigenvalue weighted by molar-refractivity contribution is 0.0955. The van der Waals surface area contributed by atoms with Gasteiger partial charge in [-0.3, -0.25) is 9.59 Å².